The molecule has 0 fully saturated rings. The zero-order valence-corrected chi connectivity index (χ0v) is 18.1. The Balaban J connectivity index is 1.57. The molecule has 0 unspecified atom stereocenters. The second kappa shape index (κ2) is 7.98. The monoisotopic (exact) mass is 430 g/mol. The molecule has 30 heavy (non-hydrogen) atoms. The van der Waals surface area contributed by atoms with Crippen LogP contribution < -0.4 is 14.4 Å². The summed E-state index contributed by atoms with van der Waals surface area (Å²) in [6.45, 7) is 1.27. The lowest BCUT2D eigenvalue weighted by Crippen LogP contribution is -2.38. The number of nitrogens with zero attached hydrogens (tertiary/aromatic N) is 6. The van der Waals surface area contributed by atoms with E-state index in [4.69, 9.17) is 21.1 Å². The minimum atomic E-state index is -0.0177. The minimum Gasteiger partial charge on any atom is -0.493 e. The van der Waals surface area contributed by atoms with E-state index in [1.54, 1.807) is 25.1 Å². The van der Waals surface area contributed by atoms with E-state index in [1.165, 1.54) is 5.56 Å². The van der Waals surface area contributed by atoms with Crippen LogP contribution in [0, 0.1) is 0 Å². The first-order chi connectivity index (χ1) is 14.4. The number of fused-ring (bicyclic) bond motifs is 2. The van der Waals surface area contributed by atoms with Crippen molar-refractivity contribution in [1.29, 1.82) is 0 Å². The average molecular weight is 431 g/mol. The maximum absolute atomic E-state index is 13.0. The topological polar surface area (TPSA) is 85.6 Å². The van der Waals surface area contributed by atoms with Gasteiger partial charge in [-0.15, -0.1) is 0 Å². The van der Waals surface area contributed by atoms with Crippen LogP contribution in [0.1, 0.15) is 11.1 Å². The van der Waals surface area contributed by atoms with Gasteiger partial charge in [-0.1, -0.05) is 0 Å². The highest BCUT2D eigenvalue weighted by Crippen LogP contribution is 2.33. The molecule has 0 N–H and O–H groups in total. The molecule has 0 saturated carbocycles. The number of halogens is 1. The molecule has 2 aromatic heterocycles. The maximum Gasteiger partial charge on any atom is 0.242 e. The molecule has 3 aromatic rings. The lowest BCUT2D eigenvalue weighted by atomic mass is 9.98. The van der Waals surface area contributed by atoms with E-state index >= 15 is 0 Å². The number of amides is 1. The zero-order chi connectivity index (χ0) is 21.4. The van der Waals surface area contributed by atoms with Crippen LogP contribution in [0.25, 0.3) is 11.2 Å². The highest BCUT2D eigenvalue weighted by molar-refractivity contribution is 6.28. The van der Waals surface area contributed by atoms with Crippen LogP contribution in [-0.4, -0.2) is 65.2 Å². The lowest BCUT2D eigenvalue weighted by Gasteiger charge is -2.29. The zero-order valence-electron chi connectivity index (χ0n) is 17.3. The summed E-state index contributed by atoms with van der Waals surface area (Å²) in [6.07, 6.45) is 2.36. The van der Waals surface area contributed by atoms with E-state index < -0.39 is 0 Å². The number of benzene rings is 1. The molecule has 1 amide bonds. The van der Waals surface area contributed by atoms with Gasteiger partial charge in [0.25, 0.3) is 0 Å². The third kappa shape index (κ3) is 3.60. The van der Waals surface area contributed by atoms with Gasteiger partial charge in [0.15, 0.2) is 28.5 Å². The van der Waals surface area contributed by atoms with Crippen LogP contribution in [0.3, 0.4) is 0 Å². The molecule has 3 heterocycles. The predicted molar refractivity (Wildman–Crippen MR) is 113 cm³/mol. The second-order valence-electron chi connectivity index (χ2n) is 7.30. The van der Waals surface area contributed by atoms with Crippen molar-refractivity contribution in [3.8, 4) is 11.5 Å². The van der Waals surface area contributed by atoms with Crippen LogP contribution in [0.4, 0.5) is 5.82 Å². The van der Waals surface area contributed by atoms with Gasteiger partial charge in [0, 0.05) is 27.2 Å². The number of imidazole rings is 1. The molecule has 1 aliphatic rings. The maximum atomic E-state index is 13.0. The third-order valence-electron chi connectivity index (χ3n) is 5.22. The van der Waals surface area contributed by atoms with Crippen LogP contribution in [-0.2, 0) is 24.3 Å². The summed E-state index contributed by atoms with van der Waals surface area (Å²) in [5.74, 6) is 1.96. The van der Waals surface area contributed by atoms with Crippen molar-refractivity contribution in [3.05, 3.63) is 34.9 Å². The highest BCUT2D eigenvalue weighted by Gasteiger charge is 2.24. The van der Waals surface area contributed by atoms with Gasteiger partial charge in [-0.25, -0.2) is 4.98 Å². The van der Waals surface area contributed by atoms with E-state index in [2.05, 4.69) is 15.0 Å². The normalized spacial score (nSPS) is 13.3. The largest absolute Gasteiger partial charge is 0.493 e. The summed E-state index contributed by atoms with van der Waals surface area (Å²) in [5.41, 5.74) is 3.37. The summed E-state index contributed by atoms with van der Waals surface area (Å²) in [5, 5.41) is 0.119. The highest BCUT2D eigenvalue weighted by atomic mass is 35.5. The molecule has 0 bridgehead atoms. The van der Waals surface area contributed by atoms with Gasteiger partial charge in [0.1, 0.15) is 6.54 Å². The second-order valence-corrected chi connectivity index (χ2v) is 7.63. The molecule has 9 nitrogen and oxygen atoms in total. The molecule has 158 valence electrons. The van der Waals surface area contributed by atoms with Crippen LogP contribution in [0.2, 0.25) is 5.28 Å². The number of aromatic nitrogens is 4. The predicted octanol–water partition coefficient (Wildman–Crippen LogP) is 2.15. The molecule has 1 aromatic carbocycles. The molecule has 0 aliphatic carbocycles. The molecule has 4 rings (SSSR count). The van der Waals surface area contributed by atoms with Crippen molar-refractivity contribution in [2.45, 2.75) is 19.5 Å². The van der Waals surface area contributed by atoms with Gasteiger partial charge in [0.2, 0.25) is 11.2 Å². The Morgan fingerprint density at radius 2 is 1.87 bits per heavy atom. The van der Waals surface area contributed by atoms with E-state index in [1.807, 2.05) is 36.0 Å². The van der Waals surface area contributed by atoms with Gasteiger partial charge in [0.05, 0.1) is 20.5 Å². The average Bonchev–Trinajstić information content (AvgIpc) is 3.13. The van der Waals surface area contributed by atoms with E-state index in [0.717, 1.165) is 12.0 Å². The lowest BCUT2D eigenvalue weighted by molar-refractivity contribution is -0.132. The fourth-order valence-corrected chi connectivity index (χ4v) is 3.83. The van der Waals surface area contributed by atoms with Crippen LogP contribution >= 0.6 is 11.6 Å². The molecule has 0 atom stereocenters. The fourth-order valence-electron chi connectivity index (χ4n) is 3.67. The number of carbonyl (C=O) groups is 1. The minimum absolute atomic E-state index is 0.0177. The molecule has 1 aliphatic heterocycles. The van der Waals surface area contributed by atoms with Crippen molar-refractivity contribution in [2.75, 3.05) is 39.8 Å². The van der Waals surface area contributed by atoms with E-state index in [-0.39, 0.29) is 17.7 Å². The Kier molecular flexibility index (Phi) is 5.38. The van der Waals surface area contributed by atoms with Crippen molar-refractivity contribution >= 4 is 34.5 Å². The summed E-state index contributed by atoms with van der Waals surface area (Å²) in [4.78, 5) is 29.6. The van der Waals surface area contributed by atoms with Gasteiger partial charge in [-0.3, -0.25) is 4.79 Å². The SMILES string of the molecule is COc1cc2c(cc1OC)CN(C(=O)Cn1cnc3c(N(C)C)nc(Cl)nc31)CC2. The first kappa shape index (κ1) is 20.2. The number of anilines is 1. The Hall–Kier alpha value is -3.07. The first-order valence-electron chi connectivity index (χ1n) is 9.48. The molecule has 0 saturated heterocycles. The van der Waals surface area contributed by atoms with Gasteiger partial charge >= 0.3 is 0 Å². The summed E-state index contributed by atoms with van der Waals surface area (Å²) in [7, 11) is 6.94. The third-order valence-corrected chi connectivity index (χ3v) is 5.39. The van der Waals surface area contributed by atoms with Crippen molar-refractivity contribution in [2.24, 2.45) is 0 Å². The summed E-state index contributed by atoms with van der Waals surface area (Å²) in [6, 6.07) is 3.93. The Morgan fingerprint density at radius 1 is 1.17 bits per heavy atom. The number of ether oxygens (including phenoxy) is 2. The number of hydrogen-bond donors (Lipinski definition) is 0. The molecular formula is C20H23ClN6O3. The molecule has 0 radical (unpaired) electrons. The molecule has 0 spiro atoms. The van der Waals surface area contributed by atoms with Gasteiger partial charge < -0.3 is 23.8 Å². The molecule has 10 heteroatoms. The van der Waals surface area contributed by atoms with Crippen molar-refractivity contribution < 1.29 is 14.3 Å². The summed E-state index contributed by atoms with van der Waals surface area (Å²) < 4.78 is 12.5. The summed E-state index contributed by atoms with van der Waals surface area (Å²) >= 11 is 6.08. The van der Waals surface area contributed by atoms with E-state index in [9.17, 15) is 4.79 Å². The first-order valence-corrected chi connectivity index (χ1v) is 9.86. The van der Waals surface area contributed by atoms with Gasteiger partial charge in [-0.05, 0) is 41.3 Å². The number of hydrogen-bond acceptors (Lipinski definition) is 7. The van der Waals surface area contributed by atoms with Gasteiger partial charge in [-0.2, -0.15) is 9.97 Å². The van der Waals surface area contributed by atoms with Crippen molar-refractivity contribution in [1.82, 2.24) is 24.4 Å². The van der Waals surface area contributed by atoms with Crippen LogP contribution in [0.15, 0.2) is 18.5 Å². The Bertz CT molecular complexity index is 1110. The standard InChI is InChI=1S/C20H23ClN6O3/c1-25(2)18-17-19(24-20(21)23-18)27(11-22-17)10-16(28)26-6-5-12-7-14(29-3)15(30-4)8-13(12)9-26/h7-8,11H,5-6,9-10H2,1-4H3. The smallest absolute Gasteiger partial charge is 0.242 e. The quantitative estimate of drug-likeness (QED) is 0.573. The van der Waals surface area contributed by atoms with Crippen LogP contribution in [0.5, 0.6) is 11.5 Å². The number of carbonyl (C=O) groups excluding carboxylic acids is 1. The number of rotatable bonds is 5. The Labute approximate surface area is 179 Å². The fraction of sp³-hybridized carbons (Fsp3) is 0.400. The Morgan fingerprint density at radius 3 is 2.53 bits per heavy atom. The number of methoxy groups -OCH3 is 2. The molecular weight excluding hydrogens is 408 g/mol. The van der Waals surface area contributed by atoms with E-state index in [0.29, 0.717) is 41.6 Å². The van der Waals surface area contributed by atoms with Crippen molar-refractivity contribution in [3.63, 3.8) is 0 Å².